The van der Waals surface area contributed by atoms with Crippen LogP contribution in [-0.4, -0.2) is 31.8 Å². The van der Waals surface area contributed by atoms with Crippen molar-refractivity contribution in [3.63, 3.8) is 0 Å². The van der Waals surface area contributed by atoms with E-state index in [1.165, 1.54) is 5.56 Å². The predicted octanol–water partition coefficient (Wildman–Crippen LogP) is 3.88. The molecule has 3 rings (SSSR count). The van der Waals surface area contributed by atoms with Gasteiger partial charge >= 0.3 is 0 Å². The Morgan fingerprint density at radius 1 is 1.19 bits per heavy atom. The summed E-state index contributed by atoms with van der Waals surface area (Å²) in [5.41, 5.74) is 2.87. The van der Waals surface area contributed by atoms with E-state index in [9.17, 15) is 4.79 Å². The Bertz CT molecular complexity index is 753. The third-order valence-corrected chi connectivity index (χ3v) is 4.27. The predicted molar refractivity (Wildman–Crippen MR) is 101 cm³/mol. The first kappa shape index (κ1) is 18.3. The van der Waals surface area contributed by atoms with Crippen molar-refractivity contribution in [2.75, 3.05) is 25.1 Å². The third-order valence-electron chi connectivity index (χ3n) is 4.27. The maximum absolute atomic E-state index is 12.1. The van der Waals surface area contributed by atoms with Crippen LogP contribution >= 0.6 is 0 Å². The second-order valence-electron chi connectivity index (χ2n) is 6.58. The molecule has 0 spiro atoms. The van der Waals surface area contributed by atoms with Crippen LogP contribution < -0.4 is 14.8 Å². The van der Waals surface area contributed by atoms with Crippen molar-refractivity contribution in [2.45, 2.75) is 32.8 Å². The summed E-state index contributed by atoms with van der Waals surface area (Å²) in [6.07, 6.45) is 2.29. The summed E-state index contributed by atoms with van der Waals surface area (Å²) in [6, 6.07) is 13.2. The number of benzene rings is 2. The van der Waals surface area contributed by atoms with Gasteiger partial charge in [-0.2, -0.15) is 0 Å². The normalized spacial score (nSPS) is 16.3. The molecule has 26 heavy (non-hydrogen) atoms. The molecule has 5 nitrogen and oxygen atoms in total. The number of carbonyl (C=O) groups excluding carboxylic acids is 1. The Labute approximate surface area is 154 Å². The highest BCUT2D eigenvalue weighted by molar-refractivity contribution is 5.92. The molecule has 0 saturated carbocycles. The molecule has 1 atom stereocenters. The number of ether oxygens (including phenoxy) is 3. The van der Waals surface area contributed by atoms with Crippen molar-refractivity contribution in [3.8, 4) is 11.5 Å². The van der Waals surface area contributed by atoms with Crippen LogP contribution in [0.5, 0.6) is 11.5 Å². The second-order valence-corrected chi connectivity index (χ2v) is 6.58. The van der Waals surface area contributed by atoms with Crippen molar-refractivity contribution in [1.82, 2.24) is 0 Å². The van der Waals surface area contributed by atoms with Gasteiger partial charge < -0.3 is 19.5 Å². The molecule has 5 heteroatoms. The molecule has 1 saturated heterocycles. The van der Waals surface area contributed by atoms with Crippen molar-refractivity contribution in [1.29, 1.82) is 0 Å². The standard InChI is InChI=1S/C21H25NO4/c1-15-8-9-20(16(2)11-15)26-14-21(23)22-17-5-3-6-18(12-17)25-13-19-7-4-10-24-19/h3,5-6,8-9,11-12,19H,4,7,10,13-14H2,1-2H3,(H,22,23). The zero-order valence-corrected chi connectivity index (χ0v) is 15.3. The molecule has 1 aliphatic heterocycles. The summed E-state index contributed by atoms with van der Waals surface area (Å²) in [4.78, 5) is 12.1. The van der Waals surface area contributed by atoms with E-state index >= 15 is 0 Å². The van der Waals surface area contributed by atoms with E-state index in [0.29, 0.717) is 18.0 Å². The molecule has 1 N–H and O–H groups in total. The molecule has 1 fully saturated rings. The first-order valence-electron chi connectivity index (χ1n) is 8.94. The van der Waals surface area contributed by atoms with Crippen LogP contribution in [0.1, 0.15) is 24.0 Å². The molecule has 0 bridgehead atoms. The summed E-state index contributed by atoms with van der Waals surface area (Å²) in [6.45, 7) is 5.30. The van der Waals surface area contributed by atoms with Crippen molar-refractivity contribution in [2.24, 2.45) is 0 Å². The van der Waals surface area contributed by atoms with Gasteiger partial charge in [-0.15, -0.1) is 0 Å². The third kappa shape index (κ3) is 5.23. The molecule has 1 heterocycles. The molecular formula is C21H25NO4. The fourth-order valence-corrected chi connectivity index (χ4v) is 2.93. The van der Waals surface area contributed by atoms with E-state index in [1.54, 1.807) is 0 Å². The van der Waals surface area contributed by atoms with Gasteiger partial charge in [0.05, 0.1) is 6.10 Å². The minimum absolute atomic E-state index is 0.0368. The molecule has 1 amide bonds. The van der Waals surface area contributed by atoms with Crippen LogP contribution in [0.25, 0.3) is 0 Å². The first-order chi connectivity index (χ1) is 12.6. The highest BCUT2D eigenvalue weighted by Gasteiger charge is 2.16. The monoisotopic (exact) mass is 355 g/mol. The van der Waals surface area contributed by atoms with Gasteiger partial charge in [-0.05, 0) is 50.5 Å². The Morgan fingerprint density at radius 2 is 2.08 bits per heavy atom. The summed E-state index contributed by atoms with van der Waals surface area (Å²) >= 11 is 0. The van der Waals surface area contributed by atoms with Gasteiger partial charge in [-0.25, -0.2) is 0 Å². The molecule has 1 unspecified atom stereocenters. The summed E-state index contributed by atoms with van der Waals surface area (Å²) in [7, 11) is 0. The van der Waals surface area contributed by atoms with Crippen LogP contribution in [0.15, 0.2) is 42.5 Å². The molecule has 2 aromatic rings. The average molecular weight is 355 g/mol. The Balaban J connectivity index is 1.49. The smallest absolute Gasteiger partial charge is 0.262 e. The van der Waals surface area contributed by atoms with Crippen LogP contribution in [0.2, 0.25) is 0 Å². The number of anilines is 1. The van der Waals surface area contributed by atoms with E-state index in [-0.39, 0.29) is 18.6 Å². The summed E-state index contributed by atoms with van der Waals surface area (Å²) in [5, 5.41) is 2.84. The lowest BCUT2D eigenvalue weighted by Crippen LogP contribution is -2.20. The summed E-state index contributed by atoms with van der Waals surface area (Å²) < 4.78 is 16.9. The number of amides is 1. The van der Waals surface area contributed by atoms with E-state index in [1.807, 2.05) is 56.3 Å². The Hall–Kier alpha value is -2.53. The SMILES string of the molecule is Cc1ccc(OCC(=O)Nc2cccc(OCC3CCCO3)c2)c(C)c1. The highest BCUT2D eigenvalue weighted by Crippen LogP contribution is 2.21. The van der Waals surface area contributed by atoms with E-state index in [4.69, 9.17) is 14.2 Å². The van der Waals surface area contributed by atoms with Crippen LogP contribution in [0.4, 0.5) is 5.69 Å². The molecule has 0 aliphatic carbocycles. The molecule has 1 aliphatic rings. The molecule has 138 valence electrons. The topological polar surface area (TPSA) is 56.8 Å². The molecule has 0 radical (unpaired) electrons. The number of hydrogen-bond acceptors (Lipinski definition) is 4. The van der Waals surface area contributed by atoms with E-state index < -0.39 is 0 Å². The molecule has 0 aromatic heterocycles. The average Bonchev–Trinajstić information content (AvgIpc) is 3.13. The number of rotatable bonds is 7. The van der Waals surface area contributed by atoms with E-state index in [2.05, 4.69) is 5.32 Å². The highest BCUT2D eigenvalue weighted by atomic mass is 16.5. The number of nitrogens with one attached hydrogen (secondary N) is 1. The fraction of sp³-hybridized carbons (Fsp3) is 0.381. The van der Waals surface area contributed by atoms with Gasteiger partial charge in [0.25, 0.3) is 5.91 Å². The van der Waals surface area contributed by atoms with Crippen molar-refractivity contribution < 1.29 is 19.0 Å². The maximum Gasteiger partial charge on any atom is 0.262 e. The quantitative estimate of drug-likeness (QED) is 0.819. The van der Waals surface area contributed by atoms with Gasteiger partial charge in [0.15, 0.2) is 6.61 Å². The fourth-order valence-electron chi connectivity index (χ4n) is 2.93. The van der Waals surface area contributed by atoms with Crippen molar-refractivity contribution >= 4 is 11.6 Å². The number of carbonyl (C=O) groups is 1. The largest absolute Gasteiger partial charge is 0.491 e. The van der Waals surface area contributed by atoms with Gasteiger partial charge in [-0.3, -0.25) is 4.79 Å². The Morgan fingerprint density at radius 3 is 2.85 bits per heavy atom. The zero-order chi connectivity index (χ0) is 18.4. The van der Waals surface area contributed by atoms with Crippen molar-refractivity contribution in [3.05, 3.63) is 53.6 Å². The lowest BCUT2D eigenvalue weighted by Gasteiger charge is -2.13. The zero-order valence-electron chi connectivity index (χ0n) is 15.3. The number of hydrogen-bond donors (Lipinski definition) is 1. The molecular weight excluding hydrogens is 330 g/mol. The number of aryl methyl sites for hydroxylation is 2. The maximum atomic E-state index is 12.1. The van der Waals surface area contributed by atoms with Gasteiger partial charge in [0.1, 0.15) is 18.1 Å². The first-order valence-corrected chi connectivity index (χ1v) is 8.94. The summed E-state index contributed by atoms with van der Waals surface area (Å²) in [5.74, 6) is 1.23. The van der Waals surface area contributed by atoms with Gasteiger partial charge in [0.2, 0.25) is 0 Å². The lowest BCUT2D eigenvalue weighted by molar-refractivity contribution is -0.118. The van der Waals surface area contributed by atoms with Crippen LogP contribution in [-0.2, 0) is 9.53 Å². The Kier molecular flexibility index (Phi) is 6.12. The van der Waals surface area contributed by atoms with Gasteiger partial charge in [-0.1, -0.05) is 23.8 Å². The second kappa shape index (κ2) is 8.72. The van der Waals surface area contributed by atoms with E-state index in [0.717, 1.165) is 30.8 Å². The lowest BCUT2D eigenvalue weighted by atomic mass is 10.1. The van der Waals surface area contributed by atoms with Crippen LogP contribution in [0.3, 0.4) is 0 Å². The minimum Gasteiger partial charge on any atom is -0.491 e. The minimum atomic E-state index is -0.207. The van der Waals surface area contributed by atoms with Gasteiger partial charge in [0, 0.05) is 18.4 Å². The van der Waals surface area contributed by atoms with Crippen LogP contribution in [0, 0.1) is 13.8 Å². The molecule has 2 aromatic carbocycles.